The van der Waals surface area contributed by atoms with Gasteiger partial charge in [0.15, 0.2) is 0 Å². The Balaban J connectivity index is 0.00000172. The minimum atomic E-state index is -0.442. The summed E-state index contributed by atoms with van der Waals surface area (Å²) in [5.41, 5.74) is 1.72. The summed E-state index contributed by atoms with van der Waals surface area (Å²) in [5.74, 6) is -0.183. The van der Waals surface area contributed by atoms with Crippen LogP contribution in [0.3, 0.4) is 0 Å². The van der Waals surface area contributed by atoms with Crippen LogP contribution >= 0.6 is 0 Å². The average Bonchev–Trinajstić information content (AvgIpc) is 2.45. The van der Waals surface area contributed by atoms with Crippen molar-refractivity contribution in [1.82, 2.24) is 0 Å². The Morgan fingerprint density at radius 1 is 1.20 bits per heavy atom. The molecule has 3 heteroatoms. The van der Waals surface area contributed by atoms with Gasteiger partial charge in [-0.05, 0) is 44.5 Å². The van der Waals surface area contributed by atoms with Gasteiger partial charge in [-0.15, -0.1) is 0 Å². The van der Waals surface area contributed by atoms with Crippen LogP contribution in [0, 0.1) is 5.41 Å². The molecule has 0 saturated carbocycles. The molecule has 0 fully saturated rings. The van der Waals surface area contributed by atoms with Crippen LogP contribution in [0.1, 0.15) is 40.2 Å². The molecule has 0 radical (unpaired) electrons. The van der Waals surface area contributed by atoms with Gasteiger partial charge in [-0.2, -0.15) is 0 Å². The SMILES string of the molecule is CC.CNc1ccc(/C=C/COC(=O)C(C)(C)C)cc1. The lowest BCUT2D eigenvalue weighted by atomic mass is 9.97. The molecule has 0 unspecified atom stereocenters. The van der Waals surface area contributed by atoms with Crippen molar-refractivity contribution in [3.05, 3.63) is 35.9 Å². The summed E-state index contributed by atoms with van der Waals surface area (Å²) in [5, 5.41) is 3.06. The zero-order chi connectivity index (χ0) is 15.6. The van der Waals surface area contributed by atoms with Gasteiger partial charge in [0, 0.05) is 12.7 Å². The Morgan fingerprint density at radius 2 is 1.75 bits per heavy atom. The third-order valence-corrected chi connectivity index (χ3v) is 2.43. The number of nitrogens with one attached hydrogen (secondary N) is 1. The van der Waals surface area contributed by atoms with Crippen molar-refractivity contribution in [2.24, 2.45) is 5.41 Å². The molecule has 0 amide bonds. The van der Waals surface area contributed by atoms with Gasteiger partial charge in [0.2, 0.25) is 0 Å². The lowest BCUT2D eigenvalue weighted by molar-refractivity contribution is -0.151. The van der Waals surface area contributed by atoms with E-state index in [9.17, 15) is 4.79 Å². The van der Waals surface area contributed by atoms with Crippen molar-refractivity contribution in [3.8, 4) is 0 Å². The molecule has 0 spiro atoms. The second-order valence-corrected chi connectivity index (χ2v) is 5.12. The van der Waals surface area contributed by atoms with Gasteiger partial charge >= 0.3 is 5.97 Å². The summed E-state index contributed by atoms with van der Waals surface area (Å²) in [4.78, 5) is 11.5. The standard InChI is InChI=1S/C15H21NO2.C2H6/c1-15(2,3)14(17)18-11-5-6-12-7-9-13(16-4)10-8-12;1-2/h5-10,16H,11H2,1-4H3;1-2H3/b6-5+;. The number of esters is 1. The van der Waals surface area contributed by atoms with E-state index in [0.29, 0.717) is 6.61 Å². The molecule has 0 bridgehead atoms. The monoisotopic (exact) mass is 277 g/mol. The average molecular weight is 277 g/mol. The summed E-state index contributed by atoms with van der Waals surface area (Å²) in [6, 6.07) is 8.02. The van der Waals surface area contributed by atoms with Crippen molar-refractivity contribution >= 4 is 17.7 Å². The van der Waals surface area contributed by atoms with E-state index in [-0.39, 0.29) is 5.97 Å². The molecule has 3 nitrogen and oxygen atoms in total. The fraction of sp³-hybridized carbons (Fsp3) is 0.471. The smallest absolute Gasteiger partial charge is 0.311 e. The first-order valence-corrected chi connectivity index (χ1v) is 7.05. The molecule has 1 aromatic rings. The molecule has 0 heterocycles. The maximum absolute atomic E-state index is 11.5. The highest BCUT2D eigenvalue weighted by atomic mass is 16.5. The van der Waals surface area contributed by atoms with E-state index in [1.54, 1.807) is 0 Å². The second-order valence-electron chi connectivity index (χ2n) is 5.12. The molecule has 1 rings (SSSR count). The Hall–Kier alpha value is -1.77. The molecular formula is C17H27NO2. The zero-order valence-corrected chi connectivity index (χ0v) is 13.5. The van der Waals surface area contributed by atoms with Gasteiger partial charge in [0.05, 0.1) is 5.41 Å². The fourth-order valence-electron chi connectivity index (χ4n) is 1.29. The Labute approximate surface area is 123 Å². The van der Waals surface area contributed by atoms with Gasteiger partial charge in [-0.25, -0.2) is 0 Å². The maximum atomic E-state index is 11.5. The van der Waals surface area contributed by atoms with E-state index < -0.39 is 5.41 Å². The van der Waals surface area contributed by atoms with Gasteiger partial charge in [-0.1, -0.05) is 32.1 Å². The van der Waals surface area contributed by atoms with Gasteiger partial charge in [0.25, 0.3) is 0 Å². The van der Waals surface area contributed by atoms with Crippen molar-refractivity contribution in [1.29, 1.82) is 0 Å². The summed E-state index contributed by atoms with van der Waals surface area (Å²) in [7, 11) is 1.89. The van der Waals surface area contributed by atoms with Crippen LogP contribution in [-0.2, 0) is 9.53 Å². The summed E-state index contributed by atoms with van der Waals surface area (Å²) >= 11 is 0. The molecule has 0 aliphatic carbocycles. The lowest BCUT2D eigenvalue weighted by Crippen LogP contribution is -2.22. The number of hydrogen-bond donors (Lipinski definition) is 1. The maximum Gasteiger partial charge on any atom is 0.311 e. The van der Waals surface area contributed by atoms with Gasteiger partial charge < -0.3 is 10.1 Å². The minimum absolute atomic E-state index is 0.183. The third kappa shape index (κ3) is 6.98. The first-order chi connectivity index (χ1) is 9.43. The first-order valence-electron chi connectivity index (χ1n) is 7.05. The first kappa shape index (κ1) is 18.2. The largest absolute Gasteiger partial charge is 0.461 e. The molecular weight excluding hydrogens is 250 g/mol. The quantitative estimate of drug-likeness (QED) is 0.831. The van der Waals surface area contributed by atoms with Crippen LogP contribution in [0.4, 0.5) is 5.69 Å². The van der Waals surface area contributed by atoms with Crippen LogP contribution in [0.25, 0.3) is 6.08 Å². The van der Waals surface area contributed by atoms with Crippen LogP contribution in [0.5, 0.6) is 0 Å². The number of anilines is 1. The lowest BCUT2D eigenvalue weighted by Gasteiger charge is -2.15. The minimum Gasteiger partial charge on any atom is -0.461 e. The molecule has 20 heavy (non-hydrogen) atoms. The highest BCUT2D eigenvalue weighted by molar-refractivity contribution is 5.75. The van der Waals surface area contributed by atoms with Crippen LogP contribution in [0.2, 0.25) is 0 Å². The highest BCUT2D eigenvalue weighted by Crippen LogP contribution is 2.15. The molecule has 1 aromatic carbocycles. The number of benzene rings is 1. The van der Waals surface area contributed by atoms with E-state index in [2.05, 4.69) is 5.32 Å². The number of hydrogen-bond acceptors (Lipinski definition) is 3. The van der Waals surface area contributed by atoms with Crippen molar-refractivity contribution < 1.29 is 9.53 Å². The molecule has 0 aliphatic rings. The summed E-state index contributed by atoms with van der Waals surface area (Å²) < 4.78 is 5.13. The van der Waals surface area contributed by atoms with Crippen molar-refractivity contribution in [2.45, 2.75) is 34.6 Å². The molecule has 0 atom stereocenters. The molecule has 0 aliphatic heterocycles. The number of ether oxygens (including phenoxy) is 1. The normalized spacial score (nSPS) is 10.7. The Morgan fingerprint density at radius 3 is 2.20 bits per heavy atom. The van der Waals surface area contributed by atoms with Gasteiger partial charge in [0.1, 0.15) is 6.61 Å². The molecule has 0 saturated heterocycles. The van der Waals surface area contributed by atoms with Crippen molar-refractivity contribution in [2.75, 3.05) is 19.0 Å². The van der Waals surface area contributed by atoms with Crippen molar-refractivity contribution in [3.63, 3.8) is 0 Å². The number of carbonyl (C=O) groups is 1. The van der Waals surface area contributed by atoms with E-state index in [0.717, 1.165) is 11.3 Å². The van der Waals surface area contributed by atoms with E-state index in [4.69, 9.17) is 4.74 Å². The summed E-state index contributed by atoms with van der Waals surface area (Å²) in [6.45, 7) is 9.84. The molecule has 1 N–H and O–H groups in total. The second kappa shape index (κ2) is 9.18. The number of carbonyl (C=O) groups excluding carboxylic acids is 1. The van der Waals surface area contributed by atoms with E-state index >= 15 is 0 Å². The van der Waals surface area contributed by atoms with E-state index in [1.807, 2.05) is 78.1 Å². The fourth-order valence-corrected chi connectivity index (χ4v) is 1.29. The highest BCUT2D eigenvalue weighted by Gasteiger charge is 2.22. The van der Waals surface area contributed by atoms with Crippen LogP contribution < -0.4 is 5.32 Å². The summed E-state index contributed by atoms with van der Waals surface area (Å²) in [6.07, 6.45) is 3.79. The number of rotatable bonds is 4. The Bertz CT molecular complexity index is 414. The Kier molecular flexibility index (Phi) is 8.37. The van der Waals surface area contributed by atoms with Crippen LogP contribution in [-0.4, -0.2) is 19.6 Å². The van der Waals surface area contributed by atoms with Gasteiger partial charge in [-0.3, -0.25) is 4.79 Å². The topological polar surface area (TPSA) is 38.3 Å². The van der Waals surface area contributed by atoms with Crippen LogP contribution in [0.15, 0.2) is 30.3 Å². The third-order valence-electron chi connectivity index (χ3n) is 2.43. The predicted molar refractivity (Wildman–Crippen MR) is 86.8 cm³/mol. The van der Waals surface area contributed by atoms with E-state index in [1.165, 1.54) is 0 Å². The molecule has 0 aromatic heterocycles. The molecule has 112 valence electrons. The zero-order valence-electron chi connectivity index (χ0n) is 13.5. The predicted octanol–water partition coefficient (Wildman–Crippen LogP) is 4.36.